The fraction of sp³-hybridized carbons (Fsp3) is 0.500. The number of aromatic nitrogens is 1. The fourth-order valence-electron chi connectivity index (χ4n) is 2.11. The molecule has 1 atom stereocenters. The molecule has 0 aromatic carbocycles. The van der Waals surface area contributed by atoms with Crippen molar-refractivity contribution in [2.75, 3.05) is 19.8 Å². The molecule has 0 radical (unpaired) electrons. The third kappa shape index (κ3) is 3.92. The Bertz CT molecular complexity index is 519. The van der Waals surface area contributed by atoms with Crippen LogP contribution in [0.15, 0.2) is 18.3 Å². The van der Waals surface area contributed by atoms with Crippen molar-refractivity contribution in [3.63, 3.8) is 0 Å². The van der Waals surface area contributed by atoms with Gasteiger partial charge in [0.2, 0.25) is 5.91 Å². The summed E-state index contributed by atoms with van der Waals surface area (Å²) in [6.45, 7) is 4.73. The van der Waals surface area contributed by atoms with Gasteiger partial charge in [0.15, 0.2) is 0 Å². The summed E-state index contributed by atoms with van der Waals surface area (Å²) in [4.78, 5) is 30.1. The monoisotopic (exact) mass is 311 g/mol. The Morgan fingerprint density at radius 3 is 2.86 bits per heavy atom. The number of halogens is 1. The smallest absolute Gasteiger partial charge is 0.256 e. The molecule has 1 aliphatic rings. The summed E-state index contributed by atoms with van der Waals surface area (Å²) >= 11 is 5.72. The molecule has 1 aromatic heterocycles. The van der Waals surface area contributed by atoms with Crippen LogP contribution in [-0.4, -0.2) is 53.5 Å². The van der Waals surface area contributed by atoms with E-state index in [4.69, 9.17) is 16.3 Å². The summed E-state index contributed by atoms with van der Waals surface area (Å²) < 4.78 is 5.33. The van der Waals surface area contributed by atoms with Crippen molar-refractivity contribution >= 4 is 23.4 Å². The lowest BCUT2D eigenvalue weighted by Crippen LogP contribution is -2.56. The van der Waals surface area contributed by atoms with Crippen LogP contribution in [0.1, 0.15) is 24.2 Å². The summed E-state index contributed by atoms with van der Waals surface area (Å²) in [5, 5.41) is 3.13. The van der Waals surface area contributed by atoms with E-state index in [9.17, 15) is 9.59 Å². The van der Waals surface area contributed by atoms with Crippen LogP contribution in [0.25, 0.3) is 0 Å². The first-order valence-corrected chi connectivity index (χ1v) is 7.17. The van der Waals surface area contributed by atoms with Gasteiger partial charge in [0.1, 0.15) is 11.2 Å². The number of pyridine rings is 1. The Morgan fingerprint density at radius 2 is 2.24 bits per heavy atom. The number of carbonyl (C=O) groups is 2. The largest absolute Gasteiger partial charge is 0.377 e. The first-order chi connectivity index (χ1) is 9.99. The zero-order chi connectivity index (χ0) is 15.4. The number of carbonyl (C=O) groups excluding carboxylic acids is 2. The molecular formula is C14H18ClN3O3. The van der Waals surface area contributed by atoms with Gasteiger partial charge in [-0.25, -0.2) is 4.98 Å². The first-order valence-electron chi connectivity index (χ1n) is 6.79. The highest BCUT2D eigenvalue weighted by atomic mass is 35.5. The SMILES string of the molecule is CC(C)NC(=O)C1COCCN1C(=O)c1ccc(Cl)nc1. The van der Waals surface area contributed by atoms with Crippen molar-refractivity contribution in [3.8, 4) is 0 Å². The summed E-state index contributed by atoms with van der Waals surface area (Å²) in [6, 6.07) is 2.54. The number of amides is 2. The molecule has 1 unspecified atom stereocenters. The molecule has 7 heteroatoms. The predicted molar refractivity (Wildman–Crippen MR) is 78.2 cm³/mol. The summed E-state index contributed by atoms with van der Waals surface area (Å²) in [5.74, 6) is -0.452. The molecule has 1 aliphatic heterocycles. The van der Waals surface area contributed by atoms with E-state index < -0.39 is 6.04 Å². The highest BCUT2D eigenvalue weighted by Crippen LogP contribution is 2.14. The van der Waals surface area contributed by atoms with E-state index in [1.54, 1.807) is 12.1 Å². The van der Waals surface area contributed by atoms with Crippen molar-refractivity contribution < 1.29 is 14.3 Å². The van der Waals surface area contributed by atoms with Gasteiger partial charge in [0.05, 0.1) is 18.8 Å². The predicted octanol–water partition coefficient (Wildman–Crippen LogP) is 1.10. The van der Waals surface area contributed by atoms with Gasteiger partial charge >= 0.3 is 0 Å². The molecule has 6 nitrogen and oxygen atoms in total. The van der Waals surface area contributed by atoms with Crippen LogP contribution in [0.5, 0.6) is 0 Å². The standard InChI is InChI=1S/C14H18ClN3O3/c1-9(2)17-13(19)11-8-21-6-5-18(11)14(20)10-3-4-12(15)16-7-10/h3-4,7,9,11H,5-6,8H2,1-2H3,(H,17,19). The molecule has 0 bridgehead atoms. The van der Waals surface area contributed by atoms with E-state index in [2.05, 4.69) is 10.3 Å². The minimum absolute atomic E-state index is 0.00794. The van der Waals surface area contributed by atoms with Crippen molar-refractivity contribution in [2.45, 2.75) is 25.9 Å². The second-order valence-corrected chi connectivity index (χ2v) is 5.51. The van der Waals surface area contributed by atoms with Crippen molar-refractivity contribution in [1.82, 2.24) is 15.2 Å². The van der Waals surface area contributed by atoms with Gasteiger partial charge < -0.3 is 15.0 Å². The number of hydrogen-bond acceptors (Lipinski definition) is 4. The molecule has 2 rings (SSSR count). The van der Waals surface area contributed by atoms with Crippen LogP contribution in [-0.2, 0) is 9.53 Å². The van der Waals surface area contributed by atoms with Gasteiger partial charge in [-0.05, 0) is 26.0 Å². The molecular weight excluding hydrogens is 294 g/mol. The number of morpholine rings is 1. The van der Waals surface area contributed by atoms with Gasteiger partial charge in [-0.15, -0.1) is 0 Å². The van der Waals surface area contributed by atoms with E-state index >= 15 is 0 Å². The summed E-state index contributed by atoms with van der Waals surface area (Å²) in [5.41, 5.74) is 0.406. The molecule has 2 heterocycles. The van der Waals surface area contributed by atoms with Crippen LogP contribution in [0.4, 0.5) is 0 Å². The molecule has 1 aromatic rings. The minimum Gasteiger partial charge on any atom is -0.377 e. The number of rotatable bonds is 3. The van der Waals surface area contributed by atoms with Crippen LogP contribution >= 0.6 is 11.6 Å². The molecule has 21 heavy (non-hydrogen) atoms. The zero-order valence-electron chi connectivity index (χ0n) is 12.0. The number of hydrogen-bond donors (Lipinski definition) is 1. The molecule has 0 saturated carbocycles. The Balaban J connectivity index is 2.16. The minimum atomic E-state index is -0.621. The van der Waals surface area contributed by atoms with E-state index in [-0.39, 0.29) is 24.5 Å². The number of ether oxygens (including phenoxy) is 1. The summed E-state index contributed by atoms with van der Waals surface area (Å²) in [7, 11) is 0. The van der Waals surface area contributed by atoms with E-state index in [1.165, 1.54) is 11.1 Å². The summed E-state index contributed by atoms with van der Waals surface area (Å²) in [6.07, 6.45) is 1.41. The third-order valence-corrected chi connectivity index (χ3v) is 3.32. The first kappa shape index (κ1) is 15.7. The molecule has 114 valence electrons. The molecule has 1 fully saturated rings. The van der Waals surface area contributed by atoms with Crippen LogP contribution in [0, 0.1) is 0 Å². The lowest BCUT2D eigenvalue weighted by atomic mass is 10.1. The maximum atomic E-state index is 12.5. The Labute approximate surface area is 128 Å². The molecule has 2 amide bonds. The molecule has 0 aliphatic carbocycles. The van der Waals surface area contributed by atoms with Gasteiger partial charge in [-0.1, -0.05) is 11.6 Å². The average Bonchev–Trinajstić information content (AvgIpc) is 2.46. The van der Waals surface area contributed by atoms with Crippen LogP contribution < -0.4 is 5.32 Å². The highest BCUT2D eigenvalue weighted by Gasteiger charge is 2.33. The Morgan fingerprint density at radius 1 is 1.48 bits per heavy atom. The van der Waals surface area contributed by atoms with E-state index in [0.717, 1.165) is 0 Å². The van der Waals surface area contributed by atoms with Crippen molar-refractivity contribution in [1.29, 1.82) is 0 Å². The number of nitrogens with zero attached hydrogens (tertiary/aromatic N) is 2. The Hall–Kier alpha value is -1.66. The second-order valence-electron chi connectivity index (χ2n) is 5.12. The lowest BCUT2D eigenvalue weighted by Gasteiger charge is -2.35. The third-order valence-electron chi connectivity index (χ3n) is 3.10. The molecule has 0 spiro atoms. The molecule has 1 N–H and O–H groups in total. The normalized spacial score (nSPS) is 18.7. The van der Waals surface area contributed by atoms with Gasteiger partial charge in [-0.3, -0.25) is 9.59 Å². The fourth-order valence-corrected chi connectivity index (χ4v) is 2.22. The molecule has 1 saturated heterocycles. The highest BCUT2D eigenvalue weighted by molar-refractivity contribution is 6.29. The second kappa shape index (κ2) is 6.87. The van der Waals surface area contributed by atoms with E-state index in [1.807, 2.05) is 13.8 Å². The van der Waals surface area contributed by atoms with Gasteiger partial charge in [0, 0.05) is 18.8 Å². The maximum absolute atomic E-state index is 12.5. The van der Waals surface area contributed by atoms with Gasteiger partial charge in [0.25, 0.3) is 5.91 Å². The zero-order valence-corrected chi connectivity index (χ0v) is 12.8. The lowest BCUT2D eigenvalue weighted by molar-refractivity contribution is -0.131. The number of nitrogens with one attached hydrogen (secondary N) is 1. The maximum Gasteiger partial charge on any atom is 0.256 e. The average molecular weight is 312 g/mol. The van der Waals surface area contributed by atoms with E-state index in [0.29, 0.717) is 23.9 Å². The van der Waals surface area contributed by atoms with Gasteiger partial charge in [-0.2, -0.15) is 0 Å². The topological polar surface area (TPSA) is 71.5 Å². The Kier molecular flexibility index (Phi) is 5.14. The van der Waals surface area contributed by atoms with Crippen molar-refractivity contribution in [2.24, 2.45) is 0 Å². The van der Waals surface area contributed by atoms with Crippen molar-refractivity contribution in [3.05, 3.63) is 29.0 Å². The quantitative estimate of drug-likeness (QED) is 0.849. The van der Waals surface area contributed by atoms with Crippen LogP contribution in [0.3, 0.4) is 0 Å². The van der Waals surface area contributed by atoms with Crippen LogP contribution in [0.2, 0.25) is 5.15 Å².